The first-order valence-corrected chi connectivity index (χ1v) is 9.68. The predicted molar refractivity (Wildman–Crippen MR) is 85.0 cm³/mol. The van der Waals surface area contributed by atoms with Crippen LogP contribution >= 0.6 is 0 Å². The van der Waals surface area contributed by atoms with Crippen molar-refractivity contribution in [2.45, 2.75) is 57.9 Å². The van der Waals surface area contributed by atoms with Gasteiger partial charge in [-0.1, -0.05) is 32.6 Å². The summed E-state index contributed by atoms with van der Waals surface area (Å²) < 4.78 is 37.7. The standard InChI is InChI=1S/C15H29NO5S/c1-4-21-11-13(2)12-22(18,19)16-15(14(17)20-3)9-7-5-6-8-10-15/h13,16H,4-12H2,1-3H3/t13-/m1/s1. The molecule has 0 bridgehead atoms. The second-order valence-electron chi connectivity index (χ2n) is 6.14. The van der Waals surface area contributed by atoms with E-state index < -0.39 is 21.5 Å². The van der Waals surface area contributed by atoms with E-state index in [4.69, 9.17) is 9.47 Å². The highest BCUT2D eigenvalue weighted by Gasteiger charge is 2.43. The van der Waals surface area contributed by atoms with Crippen molar-refractivity contribution in [2.24, 2.45) is 5.92 Å². The van der Waals surface area contributed by atoms with E-state index in [1.807, 2.05) is 13.8 Å². The van der Waals surface area contributed by atoms with Crippen LogP contribution in [-0.2, 0) is 24.3 Å². The Hall–Kier alpha value is -0.660. The molecular weight excluding hydrogens is 306 g/mol. The lowest BCUT2D eigenvalue weighted by Crippen LogP contribution is -2.55. The Morgan fingerprint density at radius 2 is 1.82 bits per heavy atom. The van der Waals surface area contributed by atoms with Crippen molar-refractivity contribution < 1.29 is 22.7 Å². The van der Waals surface area contributed by atoms with Crippen LogP contribution in [-0.4, -0.2) is 46.0 Å². The van der Waals surface area contributed by atoms with E-state index in [2.05, 4.69) is 4.72 Å². The fraction of sp³-hybridized carbons (Fsp3) is 0.933. The Kier molecular flexibility index (Phi) is 7.79. The molecule has 1 saturated carbocycles. The molecule has 0 radical (unpaired) electrons. The Bertz CT molecular complexity index is 441. The van der Waals surface area contributed by atoms with Gasteiger partial charge in [0.05, 0.1) is 19.5 Å². The summed E-state index contributed by atoms with van der Waals surface area (Å²) in [4.78, 5) is 12.2. The molecule has 130 valence electrons. The molecule has 1 atom stereocenters. The van der Waals surface area contributed by atoms with Crippen molar-refractivity contribution in [1.82, 2.24) is 4.72 Å². The fourth-order valence-electron chi connectivity index (χ4n) is 2.96. The van der Waals surface area contributed by atoms with Crippen LogP contribution in [0.4, 0.5) is 0 Å². The summed E-state index contributed by atoms with van der Waals surface area (Å²) in [7, 11) is -2.26. The number of ether oxygens (including phenoxy) is 2. The van der Waals surface area contributed by atoms with Crippen molar-refractivity contribution in [3.8, 4) is 0 Å². The van der Waals surface area contributed by atoms with Gasteiger partial charge in [-0.3, -0.25) is 4.79 Å². The van der Waals surface area contributed by atoms with Gasteiger partial charge in [-0.25, -0.2) is 8.42 Å². The third-order valence-electron chi connectivity index (χ3n) is 3.99. The summed E-state index contributed by atoms with van der Waals surface area (Å²) in [5, 5.41) is 0. The van der Waals surface area contributed by atoms with Crippen molar-refractivity contribution >= 4 is 16.0 Å². The van der Waals surface area contributed by atoms with Gasteiger partial charge in [0.15, 0.2) is 0 Å². The van der Waals surface area contributed by atoms with Gasteiger partial charge in [-0.2, -0.15) is 4.72 Å². The largest absolute Gasteiger partial charge is 0.468 e. The summed E-state index contributed by atoms with van der Waals surface area (Å²) in [5.74, 6) is -0.653. The molecule has 0 aromatic heterocycles. The number of hydrogen-bond acceptors (Lipinski definition) is 5. The Labute approximate surface area is 134 Å². The molecule has 0 saturated heterocycles. The molecule has 7 heteroatoms. The van der Waals surface area contributed by atoms with Crippen LogP contribution < -0.4 is 4.72 Å². The lowest BCUT2D eigenvalue weighted by atomic mass is 9.92. The van der Waals surface area contributed by atoms with Crippen molar-refractivity contribution in [3.05, 3.63) is 0 Å². The Balaban J connectivity index is 2.81. The highest BCUT2D eigenvalue weighted by molar-refractivity contribution is 7.89. The zero-order chi connectivity index (χ0) is 16.6. The number of carbonyl (C=O) groups is 1. The van der Waals surface area contributed by atoms with Gasteiger partial charge in [0.2, 0.25) is 10.0 Å². The molecule has 0 aromatic carbocycles. The van der Waals surface area contributed by atoms with Gasteiger partial charge >= 0.3 is 5.97 Å². The van der Waals surface area contributed by atoms with Crippen LogP contribution in [0, 0.1) is 5.92 Å². The van der Waals surface area contributed by atoms with Crippen LogP contribution in [0.25, 0.3) is 0 Å². The molecule has 1 aliphatic rings. The average molecular weight is 335 g/mol. The quantitative estimate of drug-likeness (QED) is 0.541. The van der Waals surface area contributed by atoms with E-state index in [1.165, 1.54) is 7.11 Å². The van der Waals surface area contributed by atoms with Gasteiger partial charge in [0, 0.05) is 6.61 Å². The van der Waals surface area contributed by atoms with Gasteiger partial charge < -0.3 is 9.47 Å². The zero-order valence-electron chi connectivity index (χ0n) is 13.9. The molecule has 1 aliphatic carbocycles. The third-order valence-corrected chi connectivity index (χ3v) is 5.70. The molecule has 0 aromatic rings. The number of rotatable bonds is 8. The minimum atomic E-state index is -3.57. The van der Waals surface area contributed by atoms with E-state index in [1.54, 1.807) is 0 Å². The smallest absolute Gasteiger partial charge is 0.327 e. The number of esters is 1. The average Bonchev–Trinajstić information content (AvgIpc) is 2.69. The minimum absolute atomic E-state index is 0.0499. The molecule has 1 N–H and O–H groups in total. The summed E-state index contributed by atoms with van der Waals surface area (Å²) in [6.45, 7) is 4.65. The normalized spacial score (nSPS) is 20.1. The highest BCUT2D eigenvalue weighted by Crippen LogP contribution is 2.29. The maximum atomic E-state index is 12.4. The SMILES string of the molecule is CCOC[C@@H](C)CS(=O)(=O)NC1(C(=O)OC)CCCCCC1. The predicted octanol–water partition coefficient (Wildman–Crippen LogP) is 1.84. The van der Waals surface area contributed by atoms with Crippen LogP contribution in [0.1, 0.15) is 52.4 Å². The second-order valence-corrected chi connectivity index (χ2v) is 7.90. The maximum absolute atomic E-state index is 12.4. The number of nitrogens with one attached hydrogen (secondary N) is 1. The minimum Gasteiger partial charge on any atom is -0.468 e. The van der Waals surface area contributed by atoms with Gasteiger partial charge in [-0.05, 0) is 25.7 Å². The first-order valence-electron chi connectivity index (χ1n) is 8.03. The summed E-state index contributed by atoms with van der Waals surface area (Å²) in [6, 6.07) is 0. The Morgan fingerprint density at radius 3 is 2.32 bits per heavy atom. The van der Waals surface area contributed by atoms with E-state index in [9.17, 15) is 13.2 Å². The number of carbonyl (C=O) groups excluding carboxylic acids is 1. The van der Waals surface area contributed by atoms with Gasteiger partial charge in [0.25, 0.3) is 0 Å². The number of hydrogen-bond donors (Lipinski definition) is 1. The first-order chi connectivity index (χ1) is 10.4. The molecule has 1 rings (SSSR count). The molecule has 6 nitrogen and oxygen atoms in total. The number of sulfonamides is 1. The summed E-state index contributed by atoms with van der Waals surface area (Å²) in [5.41, 5.74) is -1.10. The van der Waals surface area contributed by atoms with E-state index in [0.717, 1.165) is 25.7 Å². The van der Waals surface area contributed by atoms with E-state index in [0.29, 0.717) is 26.1 Å². The molecule has 1 fully saturated rings. The molecule has 0 heterocycles. The molecule has 0 amide bonds. The molecule has 0 aliphatic heterocycles. The summed E-state index contributed by atoms with van der Waals surface area (Å²) >= 11 is 0. The molecule has 0 spiro atoms. The zero-order valence-corrected chi connectivity index (χ0v) is 14.7. The molecule has 0 unspecified atom stereocenters. The lowest BCUT2D eigenvalue weighted by Gasteiger charge is -2.31. The lowest BCUT2D eigenvalue weighted by molar-refractivity contribution is -0.148. The van der Waals surface area contributed by atoms with Gasteiger partial charge in [0.1, 0.15) is 5.54 Å². The topological polar surface area (TPSA) is 81.7 Å². The van der Waals surface area contributed by atoms with Crippen molar-refractivity contribution in [3.63, 3.8) is 0 Å². The van der Waals surface area contributed by atoms with Crippen molar-refractivity contribution in [2.75, 3.05) is 26.1 Å². The number of methoxy groups -OCH3 is 1. The fourth-order valence-corrected chi connectivity index (χ4v) is 4.77. The monoisotopic (exact) mass is 335 g/mol. The first kappa shape index (κ1) is 19.4. The molecular formula is C15H29NO5S. The maximum Gasteiger partial charge on any atom is 0.327 e. The Morgan fingerprint density at radius 1 is 1.23 bits per heavy atom. The highest BCUT2D eigenvalue weighted by atomic mass is 32.2. The van der Waals surface area contributed by atoms with Crippen LogP contribution in [0.3, 0.4) is 0 Å². The molecule has 22 heavy (non-hydrogen) atoms. The van der Waals surface area contributed by atoms with Crippen molar-refractivity contribution in [1.29, 1.82) is 0 Å². The van der Waals surface area contributed by atoms with Crippen LogP contribution in [0.5, 0.6) is 0 Å². The van der Waals surface area contributed by atoms with E-state index >= 15 is 0 Å². The van der Waals surface area contributed by atoms with Crippen LogP contribution in [0.15, 0.2) is 0 Å². The van der Waals surface area contributed by atoms with E-state index in [-0.39, 0.29) is 11.7 Å². The second kappa shape index (κ2) is 8.84. The third kappa shape index (κ3) is 5.85. The van der Waals surface area contributed by atoms with Crippen LogP contribution in [0.2, 0.25) is 0 Å². The van der Waals surface area contributed by atoms with Gasteiger partial charge in [-0.15, -0.1) is 0 Å². The summed E-state index contributed by atoms with van der Waals surface area (Å²) in [6.07, 6.45) is 4.68.